The van der Waals surface area contributed by atoms with E-state index in [2.05, 4.69) is 5.32 Å². The molecular weight excluding hydrogens is 586 g/mol. The van der Waals surface area contributed by atoms with Crippen LogP contribution in [-0.4, -0.2) is 56.6 Å². The van der Waals surface area contributed by atoms with Crippen LogP contribution < -0.4 is 14.4 Å². The summed E-state index contributed by atoms with van der Waals surface area (Å²) in [6.45, 7) is 6.32. The minimum Gasteiger partial charge on any atom is -0.492 e. The van der Waals surface area contributed by atoms with E-state index in [1.807, 2.05) is 69.3 Å². The van der Waals surface area contributed by atoms with Gasteiger partial charge in [-0.1, -0.05) is 79.2 Å². The number of carbonyl (C=O) groups is 2. The molecule has 43 heavy (non-hydrogen) atoms. The number of hydrogen-bond acceptors (Lipinski definition) is 5. The molecule has 0 aromatic heterocycles. The molecule has 2 atom stereocenters. The number of sulfonamides is 1. The third kappa shape index (κ3) is 10.0. The van der Waals surface area contributed by atoms with Gasteiger partial charge in [-0.25, -0.2) is 8.42 Å². The summed E-state index contributed by atoms with van der Waals surface area (Å²) in [5.74, 6) is -0.0690. The first-order valence-corrected chi connectivity index (χ1v) is 16.8. The second-order valence-electron chi connectivity index (χ2n) is 10.5. The summed E-state index contributed by atoms with van der Waals surface area (Å²) in [5.41, 5.74) is 2.05. The Morgan fingerprint density at radius 1 is 0.953 bits per heavy atom. The molecule has 0 fully saturated rings. The molecule has 0 saturated carbocycles. The Morgan fingerprint density at radius 3 is 2.26 bits per heavy atom. The van der Waals surface area contributed by atoms with Crippen LogP contribution in [-0.2, 0) is 32.6 Å². The quantitative estimate of drug-likeness (QED) is 0.215. The van der Waals surface area contributed by atoms with Crippen molar-refractivity contribution in [2.45, 2.75) is 65.1 Å². The summed E-state index contributed by atoms with van der Waals surface area (Å²) in [7, 11) is -3.67. The highest BCUT2D eigenvalue weighted by Crippen LogP contribution is 2.30. The lowest BCUT2D eigenvalue weighted by Crippen LogP contribution is -2.52. The van der Waals surface area contributed by atoms with Crippen LogP contribution in [0.3, 0.4) is 0 Å². The smallest absolute Gasteiger partial charge is 0.243 e. The van der Waals surface area contributed by atoms with Crippen molar-refractivity contribution in [1.29, 1.82) is 0 Å². The van der Waals surface area contributed by atoms with E-state index in [4.69, 9.17) is 16.3 Å². The van der Waals surface area contributed by atoms with Gasteiger partial charge in [0.25, 0.3) is 0 Å². The van der Waals surface area contributed by atoms with Gasteiger partial charge >= 0.3 is 0 Å². The van der Waals surface area contributed by atoms with Crippen molar-refractivity contribution in [2.75, 3.05) is 23.7 Å². The van der Waals surface area contributed by atoms with Gasteiger partial charge < -0.3 is 15.0 Å². The Hall–Kier alpha value is -3.56. The van der Waals surface area contributed by atoms with Crippen LogP contribution in [0.5, 0.6) is 5.75 Å². The van der Waals surface area contributed by atoms with Crippen molar-refractivity contribution in [3.05, 3.63) is 95.0 Å². The Bertz CT molecular complexity index is 1450. The van der Waals surface area contributed by atoms with Gasteiger partial charge in [-0.05, 0) is 56.0 Å². The molecule has 0 saturated heterocycles. The maximum absolute atomic E-state index is 14.0. The summed E-state index contributed by atoms with van der Waals surface area (Å²) < 4.78 is 32.6. The predicted molar refractivity (Wildman–Crippen MR) is 173 cm³/mol. The third-order valence-corrected chi connectivity index (χ3v) is 8.71. The third-order valence-electron chi connectivity index (χ3n) is 7.16. The van der Waals surface area contributed by atoms with Crippen molar-refractivity contribution in [3.63, 3.8) is 0 Å². The van der Waals surface area contributed by atoms with Crippen molar-refractivity contribution in [1.82, 2.24) is 10.2 Å². The Morgan fingerprint density at radius 2 is 1.60 bits per heavy atom. The van der Waals surface area contributed by atoms with Crippen molar-refractivity contribution in [2.24, 2.45) is 0 Å². The summed E-state index contributed by atoms with van der Waals surface area (Å²) in [6, 6.07) is 22.9. The number of hydrogen-bond donors (Lipinski definition) is 1. The molecule has 232 valence electrons. The van der Waals surface area contributed by atoms with E-state index in [1.54, 1.807) is 35.2 Å². The zero-order chi connectivity index (χ0) is 31.4. The molecular formula is C33H42ClN3O5S. The molecule has 0 bridgehead atoms. The highest BCUT2D eigenvalue weighted by molar-refractivity contribution is 7.92. The molecule has 8 nitrogen and oxygen atoms in total. The normalized spacial score (nSPS) is 12.7. The minimum atomic E-state index is -3.67. The summed E-state index contributed by atoms with van der Waals surface area (Å²) >= 11 is 6.50. The van der Waals surface area contributed by atoms with Crippen LogP contribution in [0.15, 0.2) is 78.9 Å². The summed E-state index contributed by atoms with van der Waals surface area (Å²) in [5, 5.41) is 3.55. The average molecular weight is 628 g/mol. The van der Waals surface area contributed by atoms with E-state index in [-0.39, 0.29) is 43.8 Å². The van der Waals surface area contributed by atoms with Crippen molar-refractivity contribution in [3.8, 4) is 5.75 Å². The SMILES string of the molecule is CCOc1ccccc1N(CCCC(=O)N(Cc1ccccc1Cl)[C@H](Cc1ccccc1)C(=O)N[C@H](C)CC)S(C)(=O)=O. The van der Waals surface area contributed by atoms with Crippen LogP contribution in [0.1, 0.15) is 51.2 Å². The summed E-state index contributed by atoms with van der Waals surface area (Å²) in [6.07, 6.45) is 2.45. The number of carbonyl (C=O) groups excluding carboxylic acids is 2. The van der Waals surface area contributed by atoms with Crippen LogP contribution in [0.2, 0.25) is 5.02 Å². The molecule has 3 aromatic rings. The van der Waals surface area contributed by atoms with E-state index in [0.717, 1.165) is 23.8 Å². The second kappa shape index (κ2) is 16.3. The van der Waals surface area contributed by atoms with Crippen LogP contribution in [0.25, 0.3) is 0 Å². The minimum absolute atomic E-state index is 0.0230. The molecule has 0 radical (unpaired) electrons. The Labute approximate surface area is 261 Å². The van der Waals surface area contributed by atoms with Gasteiger partial charge in [-0.2, -0.15) is 0 Å². The number of nitrogens with zero attached hydrogens (tertiary/aromatic N) is 2. The highest BCUT2D eigenvalue weighted by Gasteiger charge is 2.31. The van der Waals surface area contributed by atoms with E-state index < -0.39 is 16.1 Å². The largest absolute Gasteiger partial charge is 0.492 e. The number of ether oxygens (including phenoxy) is 1. The standard InChI is InChI=1S/C33H42ClN3O5S/c1-5-25(3)35-33(39)30(23-26-15-8-7-9-16-26)36(24-27-17-10-11-18-28(27)34)32(38)21-14-22-37(43(4,40)41)29-19-12-13-20-31(29)42-6-2/h7-13,15-20,25,30H,5-6,14,21-24H2,1-4H3,(H,35,39)/t25-,30-/m1/s1. The maximum atomic E-state index is 14.0. The van der Waals surface area contributed by atoms with Crippen molar-refractivity contribution >= 4 is 39.1 Å². The molecule has 0 unspecified atom stereocenters. The van der Waals surface area contributed by atoms with Gasteiger partial charge in [0.1, 0.15) is 11.8 Å². The fourth-order valence-electron chi connectivity index (χ4n) is 4.73. The fourth-order valence-corrected chi connectivity index (χ4v) is 5.89. The van der Waals surface area contributed by atoms with Gasteiger partial charge in [0, 0.05) is 37.0 Å². The number of amides is 2. The molecule has 2 amide bonds. The molecule has 0 spiro atoms. The van der Waals surface area contributed by atoms with Gasteiger partial charge in [0.2, 0.25) is 21.8 Å². The van der Waals surface area contributed by atoms with Crippen LogP contribution >= 0.6 is 11.6 Å². The lowest BCUT2D eigenvalue weighted by molar-refractivity contribution is -0.141. The topological polar surface area (TPSA) is 96.0 Å². The fraction of sp³-hybridized carbons (Fsp3) is 0.394. The van der Waals surface area contributed by atoms with E-state index >= 15 is 0 Å². The molecule has 10 heteroatoms. The number of para-hydroxylation sites is 2. The van der Waals surface area contributed by atoms with Crippen LogP contribution in [0, 0.1) is 0 Å². The number of rotatable bonds is 16. The first-order valence-electron chi connectivity index (χ1n) is 14.6. The van der Waals surface area contributed by atoms with Gasteiger partial charge in [-0.15, -0.1) is 0 Å². The lowest BCUT2D eigenvalue weighted by atomic mass is 10.0. The van der Waals surface area contributed by atoms with E-state index in [0.29, 0.717) is 29.5 Å². The molecule has 0 aliphatic rings. The van der Waals surface area contributed by atoms with Gasteiger partial charge in [0.15, 0.2) is 0 Å². The highest BCUT2D eigenvalue weighted by atomic mass is 35.5. The second-order valence-corrected chi connectivity index (χ2v) is 12.8. The zero-order valence-corrected chi connectivity index (χ0v) is 26.9. The Balaban J connectivity index is 1.91. The number of anilines is 1. The average Bonchev–Trinajstić information content (AvgIpc) is 2.98. The molecule has 0 heterocycles. The molecule has 0 aliphatic carbocycles. The van der Waals surface area contributed by atoms with Gasteiger partial charge in [0.05, 0.1) is 18.6 Å². The molecule has 0 aliphatic heterocycles. The Kier molecular flexibility index (Phi) is 12.9. The maximum Gasteiger partial charge on any atom is 0.243 e. The van der Waals surface area contributed by atoms with Gasteiger partial charge in [-0.3, -0.25) is 13.9 Å². The molecule has 3 rings (SSSR count). The molecule has 3 aromatic carbocycles. The van der Waals surface area contributed by atoms with Crippen molar-refractivity contribution < 1.29 is 22.7 Å². The van der Waals surface area contributed by atoms with E-state index in [1.165, 1.54) is 4.31 Å². The zero-order valence-electron chi connectivity index (χ0n) is 25.3. The first-order chi connectivity index (χ1) is 20.5. The van der Waals surface area contributed by atoms with Crippen LogP contribution in [0.4, 0.5) is 5.69 Å². The summed E-state index contributed by atoms with van der Waals surface area (Å²) in [4.78, 5) is 29.3. The number of benzene rings is 3. The number of halogens is 1. The number of nitrogens with one attached hydrogen (secondary N) is 1. The molecule has 1 N–H and O–H groups in total. The lowest BCUT2D eigenvalue weighted by Gasteiger charge is -2.33. The monoisotopic (exact) mass is 627 g/mol. The predicted octanol–water partition coefficient (Wildman–Crippen LogP) is 5.84. The first kappa shape index (κ1) is 33.9. The van der Waals surface area contributed by atoms with E-state index in [9.17, 15) is 18.0 Å².